The van der Waals surface area contributed by atoms with Crippen LogP contribution in [-0.4, -0.2) is 29.8 Å². The van der Waals surface area contributed by atoms with Crippen LogP contribution in [0, 0.1) is 5.82 Å². The molecule has 0 saturated carbocycles. The molecule has 3 aromatic carbocycles. The Morgan fingerprint density at radius 2 is 1.50 bits per heavy atom. The summed E-state index contributed by atoms with van der Waals surface area (Å²) in [5.74, 6) is -1.90. The maximum atomic E-state index is 13.8. The first-order chi connectivity index (χ1) is 14.5. The van der Waals surface area contributed by atoms with E-state index in [0.29, 0.717) is 0 Å². The van der Waals surface area contributed by atoms with Gasteiger partial charge in [0.2, 0.25) is 0 Å². The monoisotopic (exact) mass is 405 g/mol. The van der Waals surface area contributed by atoms with Crippen LogP contribution in [0.25, 0.3) is 11.1 Å². The normalized spacial score (nSPS) is 13.2. The Hall–Kier alpha value is -3.67. The van der Waals surface area contributed by atoms with Gasteiger partial charge in [0.15, 0.2) is 0 Å². The van der Waals surface area contributed by atoms with Crippen molar-refractivity contribution in [1.82, 2.24) is 5.32 Å². The van der Waals surface area contributed by atoms with Crippen molar-refractivity contribution in [2.45, 2.75) is 18.4 Å². The second-order valence-corrected chi connectivity index (χ2v) is 7.16. The molecule has 1 amide bonds. The summed E-state index contributed by atoms with van der Waals surface area (Å²) in [6, 6.07) is 20.4. The lowest BCUT2D eigenvalue weighted by Gasteiger charge is -2.17. The predicted molar refractivity (Wildman–Crippen MR) is 110 cm³/mol. The highest BCUT2D eigenvalue weighted by Gasteiger charge is 2.30. The fourth-order valence-corrected chi connectivity index (χ4v) is 3.87. The number of alkyl carbamates (subject to hydrolysis) is 1. The number of carboxylic acids is 1. The zero-order valence-electron chi connectivity index (χ0n) is 16.0. The Kier molecular flexibility index (Phi) is 5.48. The van der Waals surface area contributed by atoms with Crippen LogP contribution < -0.4 is 5.32 Å². The molecule has 0 aromatic heterocycles. The zero-order chi connectivity index (χ0) is 21.1. The van der Waals surface area contributed by atoms with E-state index in [9.17, 15) is 19.1 Å². The van der Waals surface area contributed by atoms with Gasteiger partial charge < -0.3 is 15.2 Å². The summed E-state index contributed by atoms with van der Waals surface area (Å²) in [6.45, 7) is 0.0753. The van der Waals surface area contributed by atoms with Crippen LogP contribution in [-0.2, 0) is 16.0 Å². The molecule has 1 aliphatic carbocycles. The van der Waals surface area contributed by atoms with E-state index < -0.39 is 23.9 Å². The average Bonchev–Trinajstić information content (AvgIpc) is 3.07. The number of carbonyl (C=O) groups excluding carboxylic acids is 1. The van der Waals surface area contributed by atoms with Crippen molar-refractivity contribution in [3.63, 3.8) is 0 Å². The molecule has 0 fully saturated rings. The minimum Gasteiger partial charge on any atom is -0.480 e. The van der Waals surface area contributed by atoms with E-state index in [1.807, 2.05) is 48.5 Å². The van der Waals surface area contributed by atoms with E-state index >= 15 is 0 Å². The maximum Gasteiger partial charge on any atom is 0.407 e. The van der Waals surface area contributed by atoms with E-state index in [1.54, 1.807) is 6.07 Å². The predicted octanol–water partition coefficient (Wildman–Crippen LogP) is 4.36. The smallest absolute Gasteiger partial charge is 0.407 e. The number of aliphatic carboxylic acids is 1. The van der Waals surface area contributed by atoms with Gasteiger partial charge in [-0.05, 0) is 33.9 Å². The molecule has 0 saturated heterocycles. The summed E-state index contributed by atoms with van der Waals surface area (Å²) >= 11 is 0. The van der Waals surface area contributed by atoms with Gasteiger partial charge >= 0.3 is 12.1 Å². The minimum absolute atomic E-state index is 0.0753. The van der Waals surface area contributed by atoms with Crippen LogP contribution in [0.3, 0.4) is 0 Å². The van der Waals surface area contributed by atoms with Crippen molar-refractivity contribution >= 4 is 12.1 Å². The number of amides is 1. The van der Waals surface area contributed by atoms with Crippen molar-refractivity contribution in [3.05, 3.63) is 95.3 Å². The molecular weight excluding hydrogens is 385 g/mol. The van der Waals surface area contributed by atoms with Crippen molar-refractivity contribution in [1.29, 1.82) is 0 Å². The summed E-state index contributed by atoms with van der Waals surface area (Å²) in [7, 11) is 0. The summed E-state index contributed by atoms with van der Waals surface area (Å²) < 4.78 is 19.2. The Morgan fingerprint density at radius 3 is 2.10 bits per heavy atom. The quantitative estimate of drug-likeness (QED) is 0.639. The molecule has 1 unspecified atom stereocenters. The first kappa shape index (κ1) is 19.6. The molecule has 1 atom stereocenters. The molecular formula is C24H20FNO4. The van der Waals surface area contributed by atoms with Crippen molar-refractivity contribution in [2.24, 2.45) is 0 Å². The first-order valence-corrected chi connectivity index (χ1v) is 9.62. The number of carboxylic acid groups (broad SMARTS) is 1. The highest BCUT2D eigenvalue weighted by atomic mass is 19.1. The van der Waals surface area contributed by atoms with Gasteiger partial charge in [-0.3, -0.25) is 0 Å². The SMILES string of the molecule is O=C(NC(Cc1ccccc1F)C(=O)O)OCC1c2ccccc2-c2ccccc21. The van der Waals surface area contributed by atoms with Gasteiger partial charge in [-0.25, -0.2) is 14.0 Å². The van der Waals surface area contributed by atoms with Gasteiger partial charge in [0.1, 0.15) is 18.5 Å². The average molecular weight is 405 g/mol. The van der Waals surface area contributed by atoms with Gasteiger partial charge in [-0.15, -0.1) is 0 Å². The molecule has 152 valence electrons. The fraction of sp³-hybridized carbons (Fsp3) is 0.167. The number of hydrogen-bond donors (Lipinski definition) is 2. The standard InChI is InChI=1S/C24H20FNO4/c25-21-12-6-1-7-15(21)13-22(23(27)28)26-24(29)30-14-20-18-10-4-2-8-16(18)17-9-3-5-11-19(17)20/h1-12,20,22H,13-14H2,(H,26,29)(H,27,28). The molecule has 0 radical (unpaired) electrons. The number of benzene rings is 3. The summed E-state index contributed by atoms with van der Waals surface area (Å²) in [4.78, 5) is 23.9. The van der Waals surface area contributed by atoms with Crippen LogP contribution in [0.2, 0.25) is 0 Å². The van der Waals surface area contributed by atoms with Crippen molar-refractivity contribution in [3.8, 4) is 11.1 Å². The molecule has 30 heavy (non-hydrogen) atoms. The van der Waals surface area contributed by atoms with Gasteiger partial charge in [0.25, 0.3) is 0 Å². The lowest BCUT2D eigenvalue weighted by molar-refractivity contribution is -0.139. The number of nitrogens with one attached hydrogen (secondary N) is 1. The first-order valence-electron chi connectivity index (χ1n) is 9.62. The number of hydrogen-bond acceptors (Lipinski definition) is 3. The van der Waals surface area contributed by atoms with Crippen LogP contribution >= 0.6 is 0 Å². The fourth-order valence-electron chi connectivity index (χ4n) is 3.87. The molecule has 5 nitrogen and oxygen atoms in total. The Morgan fingerprint density at radius 1 is 0.933 bits per heavy atom. The van der Waals surface area contributed by atoms with Crippen molar-refractivity contribution < 1.29 is 23.8 Å². The Bertz CT molecular complexity index is 1050. The maximum absolute atomic E-state index is 13.8. The second kappa shape index (κ2) is 8.37. The van der Waals surface area contributed by atoms with Crippen LogP contribution in [0.5, 0.6) is 0 Å². The summed E-state index contributed by atoms with van der Waals surface area (Å²) in [6.07, 6.45) is -1.02. The molecule has 3 aromatic rings. The molecule has 0 aliphatic heterocycles. The molecule has 0 bridgehead atoms. The molecule has 4 rings (SSSR count). The minimum atomic E-state index is -1.29. The number of fused-ring (bicyclic) bond motifs is 3. The van der Waals surface area contributed by atoms with E-state index in [2.05, 4.69) is 5.32 Å². The van der Waals surface area contributed by atoms with Crippen LogP contribution in [0.4, 0.5) is 9.18 Å². The highest BCUT2D eigenvalue weighted by Crippen LogP contribution is 2.44. The molecule has 0 spiro atoms. The third-order valence-corrected chi connectivity index (χ3v) is 5.32. The zero-order valence-corrected chi connectivity index (χ0v) is 16.0. The number of ether oxygens (including phenoxy) is 1. The third-order valence-electron chi connectivity index (χ3n) is 5.32. The van der Waals surface area contributed by atoms with Gasteiger partial charge in [-0.2, -0.15) is 0 Å². The van der Waals surface area contributed by atoms with Crippen LogP contribution in [0.15, 0.2) is 72.8 Å². The molecule has 0 heterocycles. The van der Waals surface area contributed by atoms with Gasteiger partial charge in [0.05, 0.1) is 0 Å². The highest BCUT2D eigenvalue weighted by molar-refractivity contribution is 5.81. The lowest BCUT2D eigenvalue weighted by Crippen LogP contribution is -2.43. The summed E-state index contributed by atoms with van der Waals surface area (Å²) in [5, 5.41) is 11.8. The van der Waals surface area contributed by atoms with E-state index in [4.69, 9.17) is 4.74 Å². The molecule has 2 N–H and O–H groups in total. The summed E-state index contributed by atoms with van der Waals surface area (Å²) in [5.41, 5.74) is 4.54. The Balaban J connectivity index is 1.44. The number of rotatable bonds is 6. The van der Waals surface area contributed by atoms with E-state index in [-0.39, 0.29) is 24.5 Å². The van der Waals surface area contributed by atoms with Crippen LogP contribution in [0.1, 0.15) is 22.6 Å². The van der Waals surface area contributed by atoms with Crippen molar-refractivity contribution in [2.75, 3.05) is 6.61 Å². The number of halogens is 1. The Labute approximate surface area is 173 Å². The lowest BCUT2D eigenvalue weighted by atomic mass is 9.98. The molecule has 6 heteroatoms. The van der Waals surface area contributed by atoms with Gasteiger partial charge in [0, 0.05) is 12.3 Å². The topological polar surface area (TPSA) is 75.6 Å². The van der Waals surface area contributed by atoms with Gasteiger partial charge in [-0.1, -0.05) is 66.7 Å². The van der Waals surface area contributed by atoms with E-state index in [1.165, 1.54) is 18.2 Å². The number of carbonyl (C=O) groups is 2. The van der Waals surface area contributed by atoms with E-state index in [0.717, 1.165) is 22.3 Å². The largest absolute Gasteiger partial charge is 0.480 e. The second-order valence-electron chi connectivity index (χ2n) is 7.16. The molecule has 1 aliphatic rings. The third kappa shape index (κ3) is 3.89.